The van der Waals surface area contributed by atoms with Gasteiger partial charge >= 0.3 is 0 Å². The smallest absolute Gasteiger partial charge is 0.233 e. The number of nitrogens with zero attached hydrogens (tertiary/aromatic N) is 3. The summed E-state index contributed by atoms with van der Waals surface area (Å²) in [6, 6.07) is 20.1. The first-order valence-electron chi connectivity index (χ1n) is 9.62. The summed E-state index contributed by atoms with van der Waals surface area (Å²) in [4.78, 5) is 20.2. The molecule has 1 aromatic heterocycles. The summed E-state index contributed by atoms with van der Waals surface area (Å²) in [5.41, 5.74) is 1.80. The minimum Gasteiger partial charge on any atom is -0.332 e. The quantitative estimate of drug-likeness (QED) is 0.770. The summed E-state index contributed by atoms with van der Waals surface area (Å²) in [7, 11) is 0. The van der Waals surface area contributed by atoms with Crippen molar-refractivity contribution < 1.29 is 4.79 Å². The number of hydrogen-bond donors (Lipinski definition) is 1. The van der Waals surface area contributed by atoms with Crippen LogP contribution in [0.3, 0.4) is 0 Å². The first kappa shape index (κ1) is 16.2. The SMILES string of the molecule is O=C(N1CCC[C@H]1c1nc(-c2ccccc2)n[nH]1)C1(c2ccccc2)CC1. The van der Waals surface area contributed by atoms with Gasteiger partial charge in [-0.05, 0) is 31.2 Å². The summed E-state index contributed by atoms with van der Waals surface area (Å²) >= 11 is 0. The van der Waals surface area contributed by atoms with Gasteiger partial charge in [0.05, 0.1) is 11.5 Å². The predicted octanol–water partition coefficient (Wildman–Crippen LogP) is 3.87. The van der Waals surface area contributed by atoms with Gasteiger partial charge < -0.3 is 4.90 Å². The van der Waals surface area contributed by atoms with E-state index in [0.29, 0.717) is 5.82 Å². The third kappa shape index (κ3) is 2.74. The molecule has 1 atom stereocenters. The van der Waals surface area contributed by atoms with Gasteiger partial charge in [-0.25, -0.2) is 4.98 Å². The Morgan fingerprint density at radius 1 is 1.04 bits per heavy atom. The Kier molecular flexibility index (Phi) is 3.81. The van der Waals surface area contributed by atoms with Gasteiger partial charge in [0.2, 0.25) is 5.91 Å². The van der Waals surface area contributed by atoms with Crippen molar-refractivity contribution in [3.63, 3.8) is 0 Å². The fourth-order valence-electron chi connectivity index (χ4n) is 4.22. The average molecular weight is 358 g/mol. The number of carbonyl (C=O) groups excluding carboxylic acids is 1. The summed E-state index contributed by atoms with van der Waals surface area (Å²) < 4.78 is 0. The Morgan fingerprint density at radius 3 is 2.44 bits per heavy atom. The van der Waals surface area contributed by atoms with Gasteiger partial charge in [-0.1, -0.05) is 60.7 Å². The summed E-state index contributed by atoms with van der Waals surface area (Å²) in [5.74, 6) is 1.73. The molecule has 1 N–H and O–H groups in total. The summed E-state index contributed by atoms with van der Waals surface area (Å²) in [6.07, 6.45) is 3.80. The van der Waals surface area contributed by atoms with Gasteiger partial charge in [0.25, 0.3) is 0 Å². The van der Waals surface area contributed by atoms with Crippen molar-refractivity contribution >= 4 is 5.91 Å². The molecule has 5 nitrogen and oxygen atoms in total. The van der Waals surface area contributed by atoms with E-state index in [4.69, 9.17) is 4.98 Å². The van der Waals surface area contributed by atoms with Crippen LogP contribution in [0.1, 0.15) is 43.1 Å². The van der Waals surface area contributed by atoms with Gasteiger partial charge in [0.15, 0.2) is 5.82 Å². The minimum absolute atomic E-state index is 0.0105. The number of nitrogens with one attached hydrogen (secondary N) is 1. The molecule has 27 heavy (non-hydrogen) atoms. The zero-order valence-electron chi connectivity index (χ0n) is 15.1. The van der Waals surface area contributed by atoms with E-state index in [0.717, 1.165) is 49.2 Å². The van der Waals surface area contributed by atoms with E-state index < -0.39 is 0 Å². The molecule has 0 unspecified atom stereocenters. The maximum Gasteiger partial charge on any atom is 0.233 e. The molecule has 0 spiro atoms. The van der Waals surface area contributed by atoms with Crippen LogP contribution in [0.2, 0.25) is 0 Å². The summed E-state index contributed by atoms with van der Waals surface area (Å²) in [5, 5.41) is 7.47. The van der Waals surface area contributed by atoms with Gasteiger partial charge in [0.1, 0.15) is 5.82 Å². The molecule has 2 aromatic carbocycles. The third-order valence-corrected chi connectivity index (χ3v) is 5.85. The van der Waals surface area contributed by atoms with E-state index in [2.05, 4.69) is 22.3 Å². The lowest BCUT2D eigenvalue weighted by Gasteiger charge is -2.28. The zero-order chi connectivity index (χ0) is 18.3. The van der Waals surface area contributed by atoms with Crippen molar-refractivity contribution in [3.8, 4) is 11.4 Å². The van der Waals surface area contributed by atoms with Gasteiger partial charge in [-0.2, -0.15) is 5.10 Å². The molecule has 2 aliphatic rings. The molecule has 0 bridgehead atoms. The first-order chi connectivity index (χ1) is 13.3. The monoisotopic (exact) mass is 358 g/mol. The highest BCUT2D eigenvalue weighted by Gasteiger charge is 2.54. The summed E-state index contributed by atoms with van der Waals surface area (Å²) in [6.45, 7) is 0.791. The highest BCUT2D eigenvalue weighted by Crippen LogP contribution is 2.51. The molecular weight excluding hydrogens is 336 g/mol. The van der Waals surface area contributed by atoms with E-state index in [1.165, 1.54) is 0 Å². The number of hydrogen-bond acceptors (Lipinski definition) is 3. The number of aromatic nitrogens is 3. The van der Waals surface area contributed by atoms with Crippen LogP contribution in [-0.4, -0.2) is 32.5 Å². The Balaban J connectivity index is 1.42. The van der Waals surface area contributed by atoms with Crippen LogP contribution in [0.25, 0.3) is 11.4 Å². The Labute approximate surface area is 158 Å². The van der Waals surface area contributed by atoms with Crippen LogP contribution in [0.5, 0.6) is 0 Å². The van der Waals surface area contributed by atoms with E-state index in [9.17, 15) is 4.79 Å². The van der Waals surface area contributed by atoms with Gasteiger partial charge in [-0.3, -0.25) is 9.89 Å². The molecule has 5 rings (SSSR count). The number of likely N-dealkylation sites (tertiary alicyclic amines) is 1. The van der Waals surface area contributed by atoms with Crippen LogP contribution in [0.15, 0.2) is 60.7 Å². The molecule has 1 saturated heterocycles. The second-order valence-corrected chi connectivity index (χ2v) is 7.51. The standard InChI is InChI=1S/C22H22N4O/c27-21(22(13-14-22)17-10-5-2-6-11-17)26-15-7-12-18(26)20-23-19(24-25-20)16-8-3-1-4-9-16/h1-6,8-11,18H,7,12-15H2,(H,23,24,25)/t18-/m0/s1. The lowest BCUT2D eigenvalue weighted by molar-refractivity contribution is -0.135. The van der Waals surface area contributed by atoms with Crippen molar-refractivity contribution in [2.75, 3.05) is 6.54 Å². The normalized spacial score (nSPS) is 20.6. The molecule has 1 saturated carbocycles. The lowest BCUT2D eigenvalue weighted by Crippen LogP contribution is -2.39. The van der Waals surface area contributed by atoms with E-state index in [-0.39, 0.29) is 17.4 Å². The number of carbonyl (C=O) groups is 1. The largest absolute Gasteiger partial charge is 0.332 e. The highest BCUT2D eigenvalue weighted by molar-refractivity contribution is 5.91. The zero-order valence-corrected chi connectivity index (χ0v) is 15.1. The van der Waals surface area contributed by atoms with Crippen LogP contribution in [-0.2, 0) is 10.2 Å². The van der Waals surface area contributed by atoms with Crippen molar-refractivity contribution in [2.45, 2.75) is 37.1 Å². The number of amides is 1. The third-order valence-electron chi connectivity index (χ3n) is 5.85. The molecule has 2 fully saturated rings. The number of rotatable bonds is 4. The van der Waals surface area contributed by atoms with E-state index in [1.54, 1.807) is 0 Å². The van der Waals surface area contributed by atoms with Gasteiger partial charge in [0, 0.05) is 12.1 Å². The van der Waals surface area contributed by atoms with Crippen LogP contribution in [0, 0.1) is 0 Å². The second-order valence-electron chi connectivity index (χ2n) is 7.51. The molecule has 5 heteroatoms. The molecular formula is C22H22N4O. The number of benzene rings is 2. The second kappa shape index (κ2) is 6.34. The predicted molar refractivity (Wildman–Crippen MR) is 103 cm³/mol. The van der Waals surface area contributed by atoms with Crippen molar-refractivity contribution in [2.24, 2.45) is 0 Å². The average Bonchev–Trinajstić information content (AvgIpc) is 3.15. The molecule has 1 aliphatic carbocycles. The van der Waals surface area contributed by atoms with Gasteiger partial charge in [-0.15, -0.1) is 0 Å². The molecule has 3 aromatic rings. The van der Waals surface area contributed by atoms with Crippen LogP contribution < -0.4 is 0 Å². The lowest BCUT2D eigenvalue weighted by atomic mass is 9.94. The first-order valence-corrected chi connectivity index (χ1v) is 9.62. The van der Waals surface area contributed by atoms with Crippen molar-refractivity contribution in [3.05, 3.63) is 72.1 Å². The molecule has 1 aliphatic heterocycles. The maximum absolute atomic E-state index is 13.5. The van der Waals surface area contributed by atoms with E-state index in [1.807, 2.05) is 53.4 Å². The Morgan fingerprint density at radius 2 is 1.74 bits per heavy atom. The fourth-order valence-corrected chi connectivity index (χ4v) is 4.22. The Bertz CT molecular complexity index is 947. The molecule has 0 radical (unpaired) electrons. The van der Waals surface area contributed by atoms with Crippen LogP contribution in [0.4, 0.5) is 0 Å². The maximum atomic E-state index is 13.5. The molecule has 1 amide bonds. The van der Waals surface area contributed by atoms with Crippen molar-refractivity contribution in [1.82, 2.24) is 20.1 Å². The number of H-pyrrole nitrogens is 1. The molecule has 2 heterocycles. The highest BCUT2D eigenvalue weighted by atomic mass is 16.2. The van der Waals surface area contributed by atoms with E-state index >= 15 is 0 Å². The molecule has 136 valence electrons. The number of aromatic amines is 1. The fraction of sp³-hybridized carbons (Fsp3) is 0.318. The van der Waals surface area contributed by atoms with Crippen molar-refractivity contribution in [1.29, 1.82) is 0 Å². The topological polar surface area (TPSA) is 61.9 Å². The minimum atomic E-state index is -0.327. The van der Waals surface area contributed by atoms with Crippen LogP contribution >= 0.6 is 0 Å². The Hall–Kier alpha value is -2.95.